The Morgan fingerprint density at radius 1 is 1.25 bits per heavy atom. The fraction of sp³-hybridized carbons (Fsp3) is 0.286. The second-order valence-electron chi connectivity index (χ2n) is 4.43. The minimum absolute atomic E-state index is 0.184. The molecule has 0 aromatic carbocycles. The first-order valence-electron chi connectivity index (χ1n) is 6.16. The number of rotatable bonds is 4. The molecule has 0 aliphatic rings. The number of amides is 1. The molecule has 0 bridgehead atoms. The van der Waals surface area contributed by atoms with E-state index in [1.807, 2.05) is 13.0 Å². The molecule has 0 unspecified atom stereocenters. The Morgan fingerprint density at radius 3 is 2.45 bits per heavy atom. The summed E-state index contributed by atoms with van der Waals surface area (Å²) in [5.41, 5.74) is 1.84. The molecular formula is C14H15NO3S2. The molecule has 0 radical (unpaired) electrons. The first-order valence-corrected chi connectivity index (χ1v) is 7.80. The number of carboxylic acid groups (broad SMARTS) is 1. The highest BCUT2D eigenvalue weighted by Crippen LogP contribution is 2.28. The van der Waals surface area contributed by atoms with Crippen LogP contribution in [0.25, 0.3) is 0 Å². The second-order valence-corrected chi connectivity index (χ2v) is 6.74. The van der Waals surface area contributed by atoms with Gasteiger partial charge in [0.25, 0.3) is 5.91 Å². The molecule has 106 valence electrons. The fourth-order valence-corrected chi connectivity index (χ4v) is 3.83. The van der Waals surface area contributed by atoms with E-state index in [1.165, 1.54) is 16.9 Å². The van der Waals surface area contributed by atoms with E-state index in [-0.39, 0.29) is 10.8 Å². The number of hydrogen-bond donors (Lipinski definition) is 2. The molecule has 0 aliphatic carbocycles. The van der Waals surface area contributed by atoms with Crippen molar-refractivity contribution in [1.82, 2.24) is 0 Å². The lowest BCUT2D eigenvalue weighted by Gasteiger charge is -1.98. The highest BCUT2D eigenvalue weighted by Gasteiger charge is 2.16. The van der Waals surface area contributed by atoms with Gasteiger partial charge in [0.15, 0.2) is 0 Å². The average molecular weight is 309 g/mol. The van der Waals surface area contributed by atoms with Crippen LogP contribution in [0.4, 0.5) is 5.00 Å². The SMILES string of the molecule is CCc1cc(C(=O)Nc2cc(C)c(C(=O)O)s2)sc1C. The van der Waals surface area contributed by atoms with E-state index >= 15 is 0 Å². The number of thiophene rings is 2. The van der Waals surface area contributed by atoms with E-state index in [9.17, 15) is 9.59 Å². The molecule has 0 saturated carbocycles. The number of carbonyl (C=O) groups excluding carboxylic acids is 1. The van der Waals surface area contributed by atoms with Crippen LogP contribution in [-0.4, -0.2) is 17.0 Å². The molecule has 0 atom stereocenters. The predicted molar refractivity (Wildman–Crippen MR) is 82.4 cm³/mol. The van der Waals surface area contributed by atoms with Gasteiger partial charge in [-0.25, -0.2) is 4.79 Å². The van der Waals surface area contributed by atoms with Crippen LogP contribution in [0.5, 0.6) is 0 Å². The third kappa shape index (κ3) is 2.91. The lowest BCUT2D eigenvalue weighted by Crippen LogP contribution is -2.08. The van der Waals surface area contributed by atoms with Gasteiger partial charge in [0.2, 0.25) is 0 Å². The zero-order valence-electron chi connectivity index (χ0n) is 11.4. The number of carboxylic acids is 1. The Morgan fingerprint density at radius 2 is 1.95 bits per heavy atom. The van der Waals surface area contributed by atoms with Crippen LogP contribution in [0.15, 0.2) is 12.1 Å². The van der Waals surface area contributed by atoms with Crippen molar-refractivity contribution < 1.29 is 14.7 Å². The summed E-state index contributed by atoms with van der Waals surface area (Å²) in [6.45, 7) is 5.77. The Kier molecular flexibility index (Phi) is 4.25. The van der Waals surface area contributed by atoms with Gasteiger partial charge in [0, 0.05) is 4.88 Å². The fourth-order valence-electron chi connectivity index (χ4n) is 1.91. The lowest BCUT2D eigenvalue weighted by molar-refractivity contribution is 0.0701. The van der Waals surface area contributed by atoms with Crippen LogP contribution >= 0.6 is 22.7 Å². The standard InChI is InChI=1S/C14H15NO3S2/c1-4-9-6-10(19-8(9)3)13(16)15-11-5-7(2)12(20-11)14(17)18/h5-6H,4H2,1-3H3,(H,15,16)(H,17,18). The third-order valence-electron chi connectivity index (χ3n) is 2.97. The number of anilines is 1. The van der Waals surface area contributed by atoms with Crippen molar-refractivity contribution in [2.24, 2.45) is 0 Å². The van der Waals surface area contributed by atoms with Gasteiger partial charge in [-0.05, 0) is 43.5 Å². The van der Waals surface area contributed by atoms with Crippen molar-refractivity contribution in [1.29, 1.82) is 0 Å². The largest absolute Gasteiger partial charge is 0.477 e. The minimum Gasteiger partial charge on any atom is -0.477 e. The molecule has 2 aromatic rings. The highest BCUT2D eigenvalue weighted by atomic mass is 32.1. The quantitative estimate of drug-likeness (QED) is 0.899. The number of aryl methyl sites for hydroxylation is 3. The van der Waals surface area contributed by atoms with Crippen molar-refractivity contribution in [3.63, 3.8) is 0 Å². The van der Waals surface area contributed by atoms with Crippen molar-refractivity contribution in [2.75, 3.05) is 5.32 Å². The molecule has 2 aromatic heterocycles. The van der Waals surface area contributed by atoms with Crippen molar-refractivity contribution in [2.45, 2.75) is 27.2 Å². The van der Waals surface area contributed by atoms with Crippen LogP contribution in [0.1, 0.15) is 42.3 Å². The lowest BCUT2D eigenvalue weighted by atomic mass is 10.2. The zero-order chi connectivity index (χ0) is 14.9. The van der Waals surface area contributed by atoms with Crippen molar-refractivity contribution in [3.05, 3.63) is 37.9 Å². The molecule has 6 heteroatoms. The molecule has 2 heterocycles. The molecule has 1 amide bonds. The summed E-state index contributed by atoms with van der Waals surface area (Å²) in [5.74, 6) is -1.15. The molecule has 0 spiro atoms. The van der Waals surface area contributed by atoms with Gasteiger partial charge in [-0.15, -0.1) is 22.7 Å². The maximum absolute atomic E-state index is 12.1. The van der Waals surface area contributed by atoms with Gasteiger partial charge in [-0.3, -0.25) is 4.79 Å². The van der Waals surface area contributed by atoms with E-state index in [4.69, 9.17) is 5.11 Å². The van der Waals surface area contributed by atoms with Gasteiger partial charge in [0.05, 0.1) is 9.88 Å². The Bertz CT molecular complexity index is 670. The van der Waals surface area contributed by atoms with Crippen molar-refractivity contribution >= 4 is 39.6 Å². The maximum Gasteiger partial charge on any atom is 0.346 e. The topological polar surface area (TPSA) is 66.4 Å². The molecule has 2 N–H and O–H groups in total. The summed E-state index contributed by atoms with van der Waals surface area (Å²) in [6.07, 6.45) is 0.900. The van der Waals surface area contributed by atoms with Gasteiger partial charge in [-0.2, -0.15) is 0 Å². The summed E-state index contributed by atoms with van der Waals surface area (Å²) < 4.78 is 0. The maximum atomic E-state index is 12.1. The monoisotopic (exact) mass is 309 g/mol. The molecule has 20 heavy (non-hydrogen) atoms. The molecule has 4 nitrogen and oxygen atoms in total. The molecule has 0 aliphatic heterocycles. The number of nitrogens with one attached hydrogen (secondary N) is 1. The first-order chi connectivity index (χ1) is 9.42. The average Bonchev–Trinajstić information content (AvgIpc) is 2.92. The minimum atomic E-state index is -0.965. The number of carbonyl (C=O) groups is 2. The first kappa shape index (κ1) is 14.7. The van der Waals surface area contributed by atoms with Gasteiger partial charge in [-0.1, -0.05) is 6.92 Å². The summed E-state index contributed by atoms with van der Waals surface area (Å²) in [4.78, 5) is 25.2. The van der Waals surface area contributed by atoms with E-state index in [0.717, 1.165) is 22.6 Å². The Balaban J connectivity index is 2.19. The van der Waals surface area contributed by atoms with Crippen LogP contribution in [0, 0.1) is 13.8 Å². The predicted octanol–water partition coefficient (Wildman–Crippen LogP) is 3.94. The third-order valence-corrected chi connectivity index (χ3v) is 5.21. The Labute approximate surface area is 125 Å². The summed E-state index contributed by atoms with van der Waals surface area (Å²) in [6, 6.07) is 3.58. The van der Waals surface area contributed by atoms with E-state index in [1.54, 1.807) is 13.0 Å². The molecule has 2 rings (SSSR count). The summed E-state index contributed by atoms with van der Waals surface area (Å²) in [7, 11) is 0. The van der Waals surface area contributed by atoms with Gasteiger partial charge < -0.3 is 10.4 Å². The summed E-state index contributed by atoms with van der Waals surface area (Å²) >= 11 is 2.54. The van der Waals surface area contributed by atoms with Crippen LogP contribution in [0.2, 0.25) is 0 Å². The van der Waals surface area contributed by atoms with Crippen LogP contribution in [-0.2, 0) is 6.42 Å². The highest BCUT2D eigenvalue weighted by molar-refractivity contribution is 7.18. The molecular weight excluding hydrogens is 294 g/mol. The number of hydrogen-bond acceptors (Lipinski definition) is 4. The van der Waals surface area contributed by atoms with Gasteiger partial charge in [0.1, 0.15) is 4.88 Å². The normalized spacial score (nSPS) is 10.6. The van der Waals surface area contributed by atoms with Gasteiger partial charge >= 0.3 is 5.97 Å². The van der Waals surface area contributed by atoms with E-state index < -0.39 is 5.97 Å². The summed E-state index contributed by atoms with van der Waals surface area (Å²) in [5, 5.41) is 12.3. The molecule has 0 fully saturated rings. The van der Waals surface area contributed by atoms with Crippen molar-refractivity contribution in [3.8, 4) is 0 Å². The molecule has 0 saturated heterocycles. The smallest absolute Gasteiger partial charge is 0.346 e. The zero-order valence-corrected chi connectivity index (χ0v) is 13.1. The number of aromatic carboxylic acids is 1. The van der Waals surface area contributed by atoms with E-state index in [0.29, 0.717) is 15.4 Å². The second kappa shape index (κ2) is 5.76. The van der Waals surface area contributed by atoms with Crippen LogP contribution in [0.3, 0.4) is 0 Å². The Hall–Kier alpha value is -1.66. The van der Waals surface area contributed by atoms with Crippen LogP contribution < -0.4 is 5.32 Å². The van der Waals surface area contributed by atoms with E-state index in [2.05, 4.69) is 12.2 Å².